The standard InChI is InChI=1S/C68H123NO13/c1-3-5-7-9-11-13-15-17-19-20-21-22-23-24-25-26-27-28-29-30-31-32-33-34-35-36-38-39-41-43-45-47-49-51-57(72)56(69-60(73)52-50-48-46-44-42-40-37-18-16-14-12-10-8-6-4-2)55-79-67-65(78)63(76)66(59(54-71)81-67)82-68-64(77)62(75)61(74)58(53-70)80-68/h6,8,12,14,18,37,42,44,49,51,56-59,61-68,70-72,74-78H,3-5,7,9-11,13,15-17,19-36,38-41,43,45-48,50,52-55H2,1-2H3,(H,69,73)/b8-6-,14-12-,37-18-,44-42-,51-49+. The lowest BCUT2D eigenvalue weighted by Gasteiger charge is -2.46. The third-order valence-corrected chi connectivity index (χ3v) is 16.2. The minimum Gasteiger partial charge on any atom is -0.394 e. The molecule has 14 heteroatoms. The Labute approximate surface area is 498 Å². The molecule has 9 N–H and O–H groups in total. The number of unbranched alkanes of at least 4 members (excludes halogenated alkanes) is 33. The van der Waals surface area contributed by atoms with Crippen LogP contribution in [0.5, 0.6) is 0 Å². The van der Waals surface area contributed by atoms with E-state index in [-0.39, 0.29) is 18.9 Å². The van der Waals surface area contributed by atoms with E-state index in [0.717, 1.165) is 57.8 Å². The van der Waals surface area contributed by atoms with Crippen LogP contribution in [-0.4, -0.2) is 140 Å². The summed E-state index contributed by atoms with van der Waals surface area (Å²) >= 11 is 0. The molecule has 0 spiro atoms. The van der Waals surface area contributed by atoms with E-state index >= 15 is 0 Å². The van der Waals surface area contributed by atoms with E-state index in [1.807, 2.05) is 6.08 Å². The van der Waals surface area contributed by atoms with Gasteiger partial charge in [0.1, 0.15) is 48.8 Å². The highest BCUT2D eigenvalue weighted by molar-refractivity contribution is 5.76. The Morgan fingerprint density at radius 2 is 0.841 bits per heavy atom. The summed E-state index contributed by atoms with van der Waals surface area (Å²) in [5.41, 5.74) is 0. The van der Waals surface area contributed by atoms with Crippen molar-refractivity contribution in [3.05, 3.63) is 60.8 Å². The fourth-order valence-corrected chi connectivity index (χ4v) is 10.9. The molecule has 0 aromatic rings. The lowest BCUT2D eigenvalue weighted by atomic mass is 9.97. The second kappa shape index (κ2) is 53.0. The van der Waals surface area contributed by atoms with E-state index in [1.54, 1.807) is 6.08 Å². The lowest BCUT2D eigenvalue weighted by Crippen LogP contribution is -2.65. The molecule has 1 amide bonds. The Morgan fingerprint density at radius 3 is 1.29 bits per heavy atom. The molecule has 2 heterocycles. The van der Waals surface area contributed by atoms with Crippen molar-refractivity contribution in [3.63, 3.8) is 0 Å². The number of nitrogens with one attached hydrogen (secondary N) is 1. The first kappa shape index (κ1) is 75.8. The third kappa shape index (κ3) is 37.3. The van der Waals surface area contributed by atoms with Gasteiger partial charge in [-0.05, 0) is 57.8 Å². The molecule has 12 unspecified atom stereocenters. The summed E-state index contributed by atoms with van der Waals surface area (Å²) in [6, 6.07) is -0.940. The third-order valence-electron chi connectivity index (χ3n) is 16.2. The SMILES string of the molecule is CC/C=C\C/C=C\C/C=C\C/C=C\CCCCC(=O)NC(COC1OC(CO)C(OC2OC(CO)C(O)C(O)C2O)C(O)C1O)C(O)/C=C/CCCCCCCCCCCCCCCCCCCCCCCCCCCCCCCCC. The average molecular weight is 1160 g/mol. The van der Waals surface area contributed by atoms with E-state index in [9.17, 15) is 45.6 Å². The average Bonchev–Trinajstić information content (AvgIpc) is 3.53. The molecular formula is C68H123NO13. The molecule has 14 nitrogen and oxygen atoms in total. The van der Waals surface area contributed by atoms with Crippen molar-refractivity contribution in [2.45, 2.75) is 344 Å². The number of rotatable bonds is 54. The number of ether oxygens (including phenoxy) is 4. The van der Waals surface area contributed by atoms with Gasteiger partial charge in [0, 0.05) is 6.42 Å². The van der Waals surface area contributed by atoms with Crippen molar-refractivity contribution in [2.75, 3.05) is 19.8 Å². The van der Waals surface area contributed by atoms with Gasteiger partial charge in [-0.15, -0.1) is 0 Å². The monoisotopic (exact) mass is 1160 g/mol. The van der Waals surface area contributed by atoms with Crippen molar-refractivity contribution < 1.29 is 64.6 Å². The molecule has 2 fully saturated rings. The minimum absolute atomic E-state index is 0.227. The fraction of sp³-hybridized carbons (Fsp3) is 0.838. The summed E-state index contributed by atoms with van der Waals surface area (Å²) in [6.45, 7) is 2.67. The van der Waals surface area contributed by atoms with Crippen molar-refractivity contribution >= 4 is 5.91 Å². The molecule has 478 valence electrons. The van der Waals surface area contributed by atoms with E-state index in [0.29, 0.717) is 6.42 Å². The molecule has 2 aliphatic rings. The van der Waals surface area contributed by atoms with Gasteiger partial charge >= 0.3 is 0 Å². The molecule has 0 bridgehead atoms. The predicted molar refractivity (Wildman–Crippen MR) is 332 cm³/mol. The molecule has 0 aromatic carbocycles. The van der Waals surface area contributed by atoms with Crippen LogP contribution in [0.25, 0.3) is 0 Å². The maximum atomic E-state index is 13.2. The summed E-state index contributed by atoms with van der Waals surface area (Å²) in [7, 11) is 0. The topological polar surface area (TPSA) is 228 Å². The fourth-order valence-electron chi connectivity index (χ4n) is 10.9. The summed E-state index contributed by atoms with van der Waals surface area (Å²) < 4.78 is 22.8. The summed E-state index contributed by atoms with van der Waals surface area (Å²) in [4.78, 5) is 13.2. The largest absolute Gasteiger partial charge is 0.394 e. The molecule has 2 rings (SSSR count). The van der Waals surface area contributed by atoms with Gasteiger partial charge < -0.3 is 65.1 Å². The zero-order valence-electron chi connectivity index (χ0n) is 51.7. The number of carbonyl (C=O) groups excluding carboxylic acids is 1. The van der Waals surface area contributed by atoms with Crippen LogP contribution in [-0.2, 0) is 23.7 Å². The van der Waals surface area contributed by atoms with Gasteiger partial charge in [-0.25, -0.2) is 0 Å². The first-order chi connectivity index (χ1) is 40.1. The minimum atomic E-state index is -1.79. The highest BCUT2D eigenvalue weighted by Crippen LogP contribution is 2.30. The number of carbonyl (C=O) groups is 1. The van der Waals surface area contributed by atoms with Gasteiger partial charge in [-0.1, -0.05) is 267 Å². The predicted octanol–water partition coefficient (Wildman–Crippen LogP) is 12.9. The van der Waals surface area contributed by atoms with Gasteiger partial charge in [0.15, 0.2) is 12.6 Å². The van der Waals surface area contributed by atoms with E-state index in [2.05, 4.69) is 67.8 Å². The van der Waals surface area contributed by atoms with Crippen LogP contribution in [0.15, 0.2) is 60.8 Å². The Bertz CT molecular complexity index is 1610. The maximum Gasteiger partial charge on any atom is 0.220 e. The van der Waals surface area contributed by atoms with Crippen LogP contribution in [0.4, 0.5) is 0 Å². The van der Waals surface area contributed by atoms with Crippen molar-refractivity contribution in [3.8, 4) is 0 Å². The second-order valence-corrected chi connectivity index (χ2v) is 23.6. The van der Waals surface area contributed by atoms with E-state index in [4.69, 9.17) is 18.9 Å². The molecule has 2 aliphatic heterocycles. The lowest BCUT2D eigenvalue weighted by molar-refractivity contribution is -0.359. The van der Waals surface area contributed by atoms with Crippen LogP contribution >= 0.6 is 0 Å². The molecule has 0 aromatic heterocycles. The quantitative estimate of drug-likeness (QED) is 0.0204. The van der Waals surface area contributed by atoms with Crippen LogP contribution in [0, 0.1) is 0 Å². The van der Waals surface area contributed by atoms with E-state index in [1.165, 1.54) is 186 Å². The van der Waals surface area contributed by atoms with Crippen molar-refractivity contribution in [2.24, 2.45) is 0 Å². The van der Waals surface area contributed by atoms with Gasteiger partial charge in [-0.2, -0.15) is 0 Å². The second-order valence-electron chi connectivity index (χ2n) is 23.6. The first-order valence-electron chi connectivity index (χ1n) is 33.5. The zero-order valence-corrected chi connectivity index (χ0v) is 51.7. The Kier molecular flexibility index (Phi) is 49.0. The number of aliphatic hydroxyl groups is 8. The summed E-state index contributed by atoms with van der Waals surface area (Å²) in [6.07, 6.45) is 53.0. The number of aliphatic hydroxyl groups excluding tert-OH is 8. The maximum absolute atomic E-state index is 13.2. The summed E-state index contributed by atoms with van der Waals surface area (Å²) in [5, 5.41) is 87.2. The molecule has 0 aliphatic carbocycles. The van der Waals surface area contributed by atoms with Crippen molar-refractivity contribution in [1.82, 2.24) is 5.32 Å². The molecule has 12 atom stereocenters. The Hall–Kier alpha value is -2.31. The number of amides is 1. The zero-order chi connectivity index (χ0) is 59.5. The summed E-state index contributed by atoms with van der Waals surface area (Å²) in [5.74, 6) is -0.279. The smallest absolute Gasteiger partial charge is 0.220 e. The Morgan fingerprint density at radius 1 is 0.451 bits per heavy atom. The number of allylic oxidation sites excluding steroid dienone is 9. The number of hydrogen-bond donors (Lipinski definition) is 9. The van der Waals surface area contributed by atoms with Crippen molar-refractivity contribution in [1.29, 1.82) is 0 Å². The van der Waals surface area contributed by atoms with Crippen LogP contribution in [0.3, 0.4) is 0 Å². The molecule has 2 saturated heterocycles. The van der Waals surface area contributed by atoms with E-state index < -0.39 is 86.8 Å². The molecule has 0 radical (unpaired) electrons. The van der Waals surface area contributed by atoms with Gasteiger partial charge in [0.05, 0.1) is 32.0 Å². The van der Waals surface area contributed by atoms with Crippen LogP contribution in [0.2, 0.25) is 0 Å². The number of hydrogen-bond acceptors (Lipinski definition) is 13. The molecule has 82 heavy (non-hydrogen) atoms. The molecular weight excluding hydrogens is 1040 g/mol. The van der Waals surface area contributed by atoms with Gasteiger partial charge in [-0.3, -0.25) is 4.79 Å². The highest BCUT2D eigenvalue weighted by atomic mass is 16.7. The highest BCUT2D eigenvalue weighted by Gasteiger charge is 2.51. The first-order valence-corrected chi connectivity index (χ1v) is 33.5. The van der Waals surface area contributed by atoms with Gasteiger partial charge in [0.25, 0.3) is 0 Å². The normalized spacial score (nSPS) is 24.3. The van der Waals surface area contributed by atoms with Crippen LogP contribution < -0.4 is 5.32 Å². The molecule has 0 saturated carbocycles. The van der Waals surface area contributed by atoms with Gasteiger partial charge in [0.2, 0.25) is 5.91 Å². The van der Waals surface area contributed by atoms with Crippen LogP contribution in [0.1, 0.15) is 271 Å². The Balaban J connectivity index is 1.66.